The van der Waals surface area contributed by atoms with E-state index in [1.807, 2.05) is 25.0 Å². The Morgan fingerprint density at radius 3 is 2.64 bits per heavy atom. The lowest BCUT2D eigenvalue weighted by Crippen LogP contribution is -2.45. The van der Waals surface area contributed by atoms with Crippen LogP contribution in [-0.4, -0.2) is 47.3 Å². The number of aromatic nitrogens is 2. The van der Waals surface area contributed by atoms with Gasteiger partial charge in [0.15, 0.2) is 5.96 Å². The van der Waals surface area contributed by atoms with Crippen molar-refractivity contribution in [1.29, 1.82) is 0 Å². The van der Waals surface area contributed by atoms with Crippen molar-refractivity contribution in [2.45, 2.75) is 19.3 Å². The Hall–Kier alpha value is -2.56. The highest BCUT2D eigenvalue weighted by molar-refractivity contribution is 5.80. The quantitative estimate of drug-likeness (QED) is 0.689. The number of aliphatic imine (C=N–C) groups is 1. The van der Waals surface area contributed by atoms with Crippen molar-refractivity contribution < 1.29 is 0 Å². The van der Waals surface area contributed by atoms with E-state index in [1.54, 1.807) is 0 Å². The lowest BCUT2D eigenvalue weighted by molar-refractivity contribution is 0.376. The second-order valence-corrected chi connectivity index (χ2v) is 6.45. The summed E-state index contributed by atoms with van der Waals surface area (Å²) in [6, 6.07) is 10.6. The highest BCUT2D eigenvalue weighted by atomic mass is 15.3. The second-order valence-electron chi connectivity index (χ2n) is 6.45. The Labute approximate surface area is 150 Å². The average Bonchev–Trinajstić information content (AvgIpc) is 3.06. The molecule has 1 aliphatic heterocycles. The summed E-state index contributed by atoms with van der Waals surface area (Å²) in [5.74, 6) is 1.00. The number of hydrogen-bond acceptors (Lipinski definition) is 2. The molecule has 0 spiro atoms. The van der Waals surface area contributed by atoms with Gasteiger partial charge in [0, 0.05) is 39.9 Å². The van der Waals surface area contributed by atoms with Gasteiger partial charge in [0.25, 0.3) is 0 Å². The molecule has 25 heavy (non-hydrogen) atoms. The van der Waals surface area contributed by atoms with E-state index < -0.39 is 0 Å². The predicted octanol–water partition coefficient (Wildman–Crippen LogP) is 2.72. The van der Waals surface area contributed by atoms with Crippen molar-refractivity contribution in [3.8, 4) is 0 Å². The van der Waals surface area contributed by atoms with E-state index in [1.165, 1.54) is 16.7 Å². The molecule has 0 atom stereocenters. The van der Waals surface area contributed by atoms with E-state index in [-0.39, 0.29) is 0 Å². The van der Waals surface area contributed by atoms with Gasteiger partial charge in [-0.25, -0.2) is 0 Å². The van der Waals surface area contributed by atoms with Gasteiger partial charge in [-0.15, -0.1) is 0 Å². The largest absolute Gasteiger partial charge is 0.356 e. The fraction of sp³-hybridized carbons (Fsp3) is 0.400. The van der Waals surface area contributed by atoms with Gasteiger partial charge in [-0.1, -0.05) is 42.0 Å². The molecule has 0 saturated carbocycles. The normalized spacial score (nSPS) is 15.4. The maximum atomic E-state index is 4.45. The molecular weight excluding hydrogens is 310 g/mol. The van der Waals surface area contributed by atoms with Crippen LogP contribution in [0.4, 0.5) is 0 Å². The van der Waals surface area contributed by atoms with Gasteiger partial charge in [-0.05, 0) is 30.4 Å². The summed E-state index contributed by atoms with van der Waals surface area (Å²) >= 11 is 0. The Morgan fingerprint density at radius 1 is 1.24 bits per heavy atom. The number of nitrogens with zero attached hydrogens (tertiary/aromatic N) is 4. The highest BCUT2D eigenvalue weighted by Gasteiger charge is 2.17. The first-order chi connectivity index (χ1) is 12.2. The fourth-order valence-electron chi connectivity index (χ4n) is 3.19. The molecule has 2 heterocycles. The maximum absolute atomic E-state index is 4.45. The van der Waals surface area contributed by atoms with Crippen molar-refractivity contribution in [1.82, 2.24) is 20.0 Å². The fourth-order valence-corrected chi connectivity index (χ4v) is 3.19. The maximum Gasteiger partial charge on any atom is 0.193 e. The SMILES string of the molecule is CN=C(NCCc1cnn(C)c1)N1CCC(=Cc2ccccc2)CC1. The molecule has 3 rings (SSSR count). The second kappa shape index (κ2) is 8.51. The van der Waals surface area contributed by atoms with E-state index >= 15 is 0 Å². The first-order valence-corrected chi connectivity index (χ1v) is 8.92. The average molecular weight is 337 g/mol. The van der Waals surface area contributed by atoms with Gasteiger partial charge in [0.05, 0.1) is 6.20 Å². The molecule has 5 nitrogen and oxygen atoms in total. The van der Waals surface area contributed by atoms with E-state index in [9.17, 15) is 0 Å². The van der Waals surface area contributed by atoms with Crippen LogP contribution in [-0.2, 0) is 13.5 Å². The third kappa shape index (κ3) is 4.95. The van der Waals surface area contributed by atoms with Crippen LogP contribution < -0.4 is 5.32 Å². The van der Waals surface area contributed by atoms with Gasteiger partial charge in [-0.3, -0.25) is 9.67 Å². The summed E-state index contributed by atoms with van der Waals surface area (Å²) in [4.78, 5) is 6.80. The minimum atomic E-state index is 0.877. The summed E-state index contributed by atoms with van der Waals surface area (Å²) in [5, 5.41) is 7.69. The standard InChI is InChI=1S/C20H27N5/c1-21-20(22-11-8-19-15-23-24(2)16-19)25-12-9-18(10-13-25)14-17-6-4-3-5-7-17/h3-7,14-16H,8-13H2,1-2H3,(H,21,22). The minimum absolute atomic E-state index is 0.877. The van der Waals surface area contributed by atoms with Crippen molar-refractivity contribution in [3.63, 3.8) is 0 Å². The molecule has 132 valence electrons. The molecule has 0 amide bonds. The summed E-state index contributed by atoms with van der Waals surface area (Å²) in [6.45, 7) is 2.91. The number of piperidine rings is 1. The number of benzene rings is 1. The van der Waals surface area contributed by atoms with Gasteiger partial charge in [0.1, 0.15) is 0 Å². The highest BCUT2D eigenvalue weighted by Crippen LogP contribution is 2.19. The van der Waals surface area contributed by atoms with Crippen molar-refractivity contribution in [2.24, 2.45) is 12.0 Å². The zero-order chi connectivity index (χ0) is 17.5. The topological polar surface area (TPSA) is 45.5 Å². The summed E-state index contributed by atoms with van der Waals surface area (Å²) < 4.78 is 1.84. The molecule has 1 aromatic carbocycles. The van der Waals surface area contributed by atoms with Crippen LogP contribution in [0.15, 0.2) is 53.3 Å². The van der Waals surface area contributed by atoms with Crippen LogP contribution in [0.3, 0.4) is 0 Å². The van der Waals surface area contributed by atoms with Gasteiger partial charge in [0.2, 0.25) is 0 Å². The molecule has 0 bridgehead atoms. The molecular formula is C20H27N5. The summed E-state index contributed by atoms with van der Waals surface area (Å²) in [5.41, 5.74) is 4.07. The minimum Gasteiger partial charge on any atom is -0.356 e. The van der Waals surface area contributed by atoms with Gasteiger partial charge in [-0.2, -0.15) is 5.10 Å². The van der Waals surface area contributed by atoms with Crippen molar-refractivity contribution >= 4 is 12.0 Å². The molecule has 1 N–H and O–H groups in total. The number of guanidine groups is 1. The van der Waals surface area contributed by atoms with Crippen LogP contribution in [0, 0.1) is 0 Å². The molecule has 0 aliphatic carbocycles. The Bertz CT molecular complexity index is 720. The van der Waals surface area contributed by atoms with Crippen LogP contribution in [0.5, 0.6) is 0 Å². The first kappa shape index (κ1) is 17.3. The zero-order valence-corrected chi connectivity index (χ0v) is 15.2. The summed E-state index contributed by atoms with van der Waals surface area (Å²) in [7, 11) is 3.81. The van der Waals surface area contributed by atoms with Crippen LogP contribution >= 0.6 is 0 Å². The van der Waals surface area contributed by atoms with E-state index in [4.69, 9.17) is 0 Å². The first-order valence-electron chi connectivity index (χ1n) is 8.92. The monoisotopic (exact) mass is 337 g/mol. The number of rotatable bonds is 4. The smallest absolute Gasteiger partial charge is 0.193 e. The molecule has 1 fully saturated rings. The molecule has 1 saturated heterocycles. The number of aryl methyl sites for hydroxylation is 1. The number of nitrogens with one attached hydrogen (secondary N) is 1. The van der Waals surface area contributed by atoms with Crippen LogP contribution in [0.25, 0.3) is 6.08 Å². The molecule has 5 heteroatoms. The molecule has 0 unspecified atom stereocenters. The van der Waals surface area contributed by atoms with Gasteiger partial charge < -0.3 is 10.2 Å². The third-order valence-corrected chi connectivity index (χ3v) is 4.54. The summed E-state index contributed by atoms with van der Waals surface area (Å²) in [6.07, 6.45) is 9.46. The molecule has 0 radical (unpaired) electrons. The third-order valence-electron chi connectivity index (χ3n) is 4.54. The molecule has 1 aromatic heterocycles. The van der Waals surface area contributed by atoms with Crippen LogP contribution in [0.1, 0.15) is 24.0 Å². The van der Waals surface area contributed by atoms with Crippen molar-refractivity contribution in [2.75, 3.05) is 26.7 Å². The lowest BCUT2D eigenvalue weighted by atomic mass is 10.0. The zero-order valence-electron chi connectivity index (χ0n) is 15.2. The molecule has 1 aliphatic rings. The van der Waals surface area contributed by atoms with Crippen LogP contribution in [0.2, 0.25) is 0 Å². The van der Waals surface area contributed by atoms with Crippen molar-refractivity contribution in [3.05, 3.63) is 59.4 Å². The number of likely N-dealkylation sites (tertiary alicyclic amines) is 1. The predicted molar refractivity (Wildman–Crippen MR) is 103 cm³/mol. The Morgan fingerprint density at radius 2 is 2.00 bits per heavy atom. The van der Waals surface area contributed by atoms with Gasteiger partial charge >= 0.3 is 0 Å². The van der Waals surface area contributed by atoms with E-state index in [2.05, 4.69) is 62.9 Å². The Kier molecular flexibility index (Phi) is 5.88. The lowest BCUT2D eigenvalue weighted by Gasteiger charge is -2.31. The van der Waals surface area contributed by atoms with E-state index in [0.29, 0.717) is 0 Å². The Balaban J connectivity index is 1.48. The molecule has 2 aromatic rings. The number of hydrogen-bond donors (Lipinski definition) is 1. The van der Waals surface area contributed by atoms with E-state index in [0.717, 1.165) is 44.9 Å².